The minimum atomic E-state index is -1.00. The van der Waals surface area contributed by atoms with Crippen molar-refractivity contribution in [2.24, 2.45) is 0 Å². The fraction of sp³-hybridized carbons (Fsp3) is 0.167. The number of anilines is 2. The van der Waals surface area contributed by atoms with Crippen molar-refractivity contribution >= 4 is 52.7 Å². The largest absolute Gasteiger partial charge is 0.481 e. The van der Waals surface area contributed by atoms with E-state index in [2.05, 4.69) is 15.3 Å². The molecule has 0 aliphatic rings. The van der Waals surface area contributed by atoms with Crippen LogP contribution in [0.3, 0.4) is 0 Å². The first-order valence-corrected chi connectivity index (χ1v) is 10.7. The molecule has 9 heteroatoms. The number of aromatic nitrogens is 2. The average molecular weight is 485 g/mol. The number of nitrogens with zero attached hydrogens (tertiary/aromatic N) is 3. The van der Waals surface area contributed by atoms with Gasteiger partial charge in [-0.25, -0.2) is 9.97 Å². The molecule has 1 amide bonds. The van der Waals surface area contributed by atoms with Gasteiger partial charge in [0.2, 0.25) is 5.91 Å². The predicted molar refractivity (Wildman–Crippen MR) is 131 cm³/mol. The van der Waals surface area contributed by atoms with Crippen LogP contribution >= 0.6 is 23.2 Å². The summed E-state index contributed by atoms with van der Waals surface area (Å²) in [5.74, 6) is -0.307. The molecule has 2 N–H and O–H groups in total. The fourth-order valence-electron chi connectivity index (χ4n) is 3.06. The number of benzene rings is 2. The van der Waals surface area contributed by atoms with E-state index in [4.69, 9.17) is 28.3 Å². The molecular weight excluding hydrogens is 463 g/mol. The van der Waals surface area contributed by atoms with Crippen LogP contribution in [0, 0.1) is 0 Å². The van der Waals surface area contributed by atoms with Crippen LogP contribution in [0.4, 0.5) is 11.5 Å². The second-order valence-corrected chi connectivity index (χ2v) is 8.24. The van der Waals surface area contributed by atoms with Crippen molar-refractivity contribution in [1.29, 1.82) is 0 Å². The molecule has 170 valence electrons. The predicted octanol–water partition coefficient (Wildman–Crippen LogP) is 4.72. The molecule has 0 saturated heterocycles. The van der Waals surface area contributed by atoms with E-state index in [9.17, 15) is 9.59 Å². The lowest BCUT2D eigenvalue weighted by Crippen LogP contribution is -2.18. The van der Waals surface area contributed by atoms with Gasteiger partial charge in [0.15, 0.2) is 0 Å². The van der Waals surface area contributed by atoms with Gasteiger partial charge in [-0.2, -0.15) is 0 Å². The van der Waals surface area contributed by atoms with E-state index in [1.807, 2.05) is 24.3 Å². The van der Waals surface area contributed by atoms with Gasteiger partial charge < -0.3 is 15.3 Å². The Balaban J connectivity index is 1.67. The van der Waals surface area contributed by atoms with E-state index in [1.165, 1.54) is 6.08 Å². The van der Waals surface area contributed by atoms with Crippen LogP contribution in [0.5, 0.6) is 0 Å². The Bertz CT molecular complexity index is 1180. The summed E-state index contributed by atoms with van der Waals surface area (Å²) in [7, 11) is 3.54. The number of carbonyl (C=O) groups excluding carboxylic acids is 1. The molecule has 2 aromatic carbocycles. The van der Waals surface area contributed by atoms with Gasteiger partial charge in [0.05, 0.1) is 6.42 Å². The van der Waals surface area contributed by atoms with Crippen LogP contribution in [0.1, 0.15) is 22.5 Å². The third-order valence-corrected chi connectivity index (χ3v) is 5.18. The maximum absolute atomic E-state index is 12.2. The maximum Gasteiger partial charge on any atom is 0.308 e. The molecular formula is C24H22Cl2N4O3. The number of carbonyl (C=O) groups is 2. The van der Waals surface area contributed by atoms with Gasteiger partial charge in [-0.1, -0.05) is 47.5 Å². The topological polar surface area (TPSA) is 95.4 Å². The number of nitrogens with one attached hydrogen (secondary N) is 1. The molecule has 0 atom stereocenters. The number of amides is 1. The second kappa shape index (κ2) is 10.9. The normalized spacial score (nSPS) is 10.9. The third-order valence-electron chi connectivity index (χ3n) is 4.61. The van der Waals surface area contributed by atoms with Gasteiger partial charge in [0.25, 0.3) is 0 Å². The molecule has 7 nitrogen and oxygen atoms in total. The Morgan fingerprint density at radius 1 is 1.03 bits per heavy atom. The number of rotatable bonds is 8. The molecule has 0 aliphatic carbocycles. The number of hydrogen-bond acceptors (Lipinski definition) is 5. The molecule has 0 aliphatic heterocycles. The van der Waals surface area contributed by atoms with Crippen LogP contribution in [0.25, 0.3) is 6.08 Å². The molecule has 33 heavy (non-hydrogen) atoms. The molecule has 0 saturated carbocycles. The van der Waals surface area contributed by atoms with Crippen molar-refractivity contribution in [2.45, 2.75) is 12.8 Å². The smallest absolute Gasteiger partial charge is 0.308 e. The van der Waals surface area contributed by atoms with E-state index in [1.54, 1.807) is 49.3 Å². The first-order chi connectivity index (χ1) is 15.7. The summed E-state index contributed by atoms with van der Waals surface area (Å²) in [6.45, 7) is 0. The third kappa shape index (κ3) is 7.03. The van der Waals surface area contributed by atoms with E-state index in [-0.39, 0.29) is 17.5 Å². The van der Waals surface area contributed by atoms with E-state index in [0.717, 1.165) is 11.1 Å². The van der Waals surface area contributed by atoms with Gasteiger partial charge >= 0.3 is 5.97 Å². The first kappa shape index (κ1) is 24.2. The Kier molecular flexibility index (Phi) is 8.03. The monoisotopic (exact) mass is 484 g/mol. The van der Waals surface area contributed by atoms with Crippen molar-refractivity contribution < 1.29 is 14.7 Å². The Morgan fingerprint density at radius 2 is 1.70 bits per heavy atom. The quantitative estimate of drug-likeness (QED) is 0.354. The zero-order valence-corrected chi connectivity index (χ0v) is 19.6. The Labute approximate surface area is 201 Å². The standard InChI is InChI=1S/C24H22Cl2N4O3/c1-30(2)24-19(14-22(32)33)23(26)28-20(29-24)13-16-5-10-18(11-6-16)27-21(31)12-7-15-3-8-17(25)9-4-15/h3-12H,13-14H2,1-2H3,(H,27,31)(H,32,33)/b12-7+. The van der Waals surface area contributed by atoms with Crippen LogP contribution in [0.15, 0.2) is 54.6 Å². The minimum absolute atomic E-state index is 0.127. The summed E-state index contributed by atoms with van der Waals surface area (Å²) in [6.07, 6.45) is 3.30. The number of halogens is 2. The minimum Gasteiger partial charge on any atom is -0.481 e. The maximum atomic E-state index is 12.2. The summed E-state index contributed by atoms with van der Waals surface area (Å²) >= 11 is 12.1. The lowest BCUT2D eigenvalue weighted by Gasteiger charge is -2.17. The molecule has 0 radical (unpaired) electrons. The van der Waals surface area contributed by atoms with Crippen molar-refractivity contribution in [1.82, 2.24) is 9.97 Å². The zero-order chi connectivity index (χ0) is 24.0. The number of aliphatic carboxylic acids is 1. The Morgan fingerprint density at radius 3 is 2.30 bits per heavy atom. The highest BCUT2D eigenvalue weighted by Gasteiger charge is 2.17. The van der Waals surface area contributed by atoms with Crippen LogP contribution in [-0.2, 0) is 22.4 Å². The molecule has 0 fully saturated rings. The molecule has 1 aromatic heterocycles. The van der Waals surface area contributed by atoms with Crippen molar-refractivity contribution in [2.75, 3.05) is 24.3 Å². The van der Waals surface area contributed by atoms with Crippen LogP contribution in [0.2, 0.25) is 10.2 Å². The van der Waals surface area contributed by atoms with Crippen molar-refractivity contribution in [3.05, 3.63) is 87.3 Å². The summed E-state index contributed by atoms with van der Waals surface area (Å²) in [4.78, 5) is 33.8. The van der Waals surface area contributed by atoms with Gasteiger partial charge in [-0.05, 0) is 41.5 Å². The summed E-state index contributed by atoms with van der Waals surface area (Å²) in [5.41, 5.74) is 2.81. The van der Waals surface area contributed by atoms with Gasteiger partial charge in [-0.15, -0.1) is 0 Å². The molecule has 3 rings (SSSR count). The van der Waals surface area contributed by atoms with E-state index < -0.39 is 5.97 Å². The SMILES string of the molecule is CN(C)c1nc(Cc2ccc(NC(=O)/C=C/c3ccc(Cl)cc3)cc2)nc(Cl)c1CC(=O)O. The van der Waals surface area contributed by atoms with Gasteiger partial charge in [0.1, 0.15) is 16.8 Å². The number of carboxylic acids is 1. The number of carboxylic acid groups (broad SMARTS) is 1. The molecule has 1 heterocycles. The van der Waals surface area contributed by atoms with Gasteiger partial charge in [0, 0.05) is 42.9 Å². The highest BCUT2D eigenvalue weighted by atomic mass is 35.5. The van der Waals surface area contributed by atoms with Crippen LogP contribution < -0.4 is 10.2 Å². The van der Waals surface area contributed by atoms with E-state index in [0.29, 0.717) is 34.3 Å². The fourth-order valence-corrected chi connectivity index (χ4v) is 3.43. The summed E-state index contributed by atoms with van der Waals surface area (Å²) in [6, 6.07) is 14.5. The second-order valence-electron chi connectivity index (χ2n) is 7.45. The van der Waals surface area contributed by atoms with Crippen LogP contribution in [-0.4, -0.2) is 41.0 Å². The zero-order valence-electron chi connectivity index (χ0n) is 18.0. The summed E-state index contributed by atoms with van der Waals surface area (Å²) < 4.78 is 0. The summed E-state index contributed by atoms with van der Waals surface area (Å²) in [5, 5.41) is 12.7. The van der Waals surface area contributed by atoms with E-state index >= 15 is 0 Å². The average Bonchev–Trinajstić information content (AvgIpc) is 2.76. The first-order valence-electron chi connectivity index (χ1n) is 9.99. The van der Waals surface area contributed by atoms with Crippen molar-refractivity contribution in [3.63, 3.8) is 0 Å². The molecule has 0 spiro atoms. The lowest BCUT2D eigenvalue weighted by atomic mass is 10.1. The lowest BCUT2D eigenvalue weighted by molar-refractivity contribution is -0.136. The molecule has 3 aromatic rings. The van der Waals surface area contributed by atoms with Crippen molar-refractivity contribution in [3.8, 4) is 0 Å². The molecule has 0 bridgehead atoms. The Hall–Kier alpha value is -3.42. The highest BCUT2D eigenvalue weighted by Crippen LogP contribution is 2.25. The highest BCUT2D eigenvalue weighted by molar-refractivity contribution is 6.31. The molecule has 0 unspecified atom stereocenters. The van der Waals surface area contributed by atoms with Gasteiger partial charge in [-0.3, -0.25) is 9.59 Å². The number of hydrogen-bond donors (Lipinski definition) is 2.